The highest BCUT2D eigenvalue weighted by molar-refractivity contribution is 5.30. The Bertz CT molecular complexity index is 267. The van der Waals surface area contributed by atoms with E-state index < -0.39 is 11.7 Å². The first kappa shape index (κ1) is 15.0. The van der Waals surface area contributed by atoms with Crippen LogP contribution >= 0.6 is 0 Å². The lowest BCUT2D eigenvalue weighted by atomic mass is 10.1. The maximum Gasteiger partial charge on any atom is 0.161 e. The van der Waals surface area contributed by atoms with E-state index in [-0.39, 0.29) is 6.61 Å². The van der Waals surface area contributed by atoms with Gasteiger partial charge in [-0.3, -0.25) is 0 Å². The summed E-state index contributed by atoms with van der Waals surface area (Å²) in [6, 6.07) is 0. The molecule has 0 aromatic carbocycles. The number of hydrogen-bond acceptors (Lipinski definition) is 1. The van der Waals surface area contributed by atoms with Gasteiger partial charge in [-0.1, -0.05) is 39.0 Å². The van der Waals surface area contributed by atoms with Gasteiger partial charge in [-0.15, -0.1) is 0 Å². The molecule has 0 saturated carbocycles. The van der Waals surface area contributed by atoms with Crippen LogP contribution in [0.15, 0.2) is 36.0 Å². The van der Waals surface area contributed by atoms with E-state index in [0.29, 0.717) is 18.6 Å². The molecular weight excluding hydrogens is 210 g/mol. The fourth-order valence-corrected chi connectivity index (χ4v) is 1.13. The summed E-state index contributed by atoms with van der Waals surface area (Å²) in [4.78, 5) is 0. The van der Waals surface area contributed by atoms with Crippen molar-refractivity contribution in [3.8, 4) is 0 Å². The van der Waals surface area contributed by atoms with Crippen LogP contribution in [0.5, 0.6) is 0 Å². The number of halogens is 2. The van der Waals surface area contributed by atoms with E-state index in [1.165, 1.54) is 12.2 Å². The third-order valence-corrected chi connectivity index (χ3v) is 2.09. The number of rotatable bonds is 8. The van der Waals surface area contributed by atoms with E-state index in [9.17, 15) is 8.78 Å². The maximum atomic E-state index is 13.5. The second-order valence-corrected chi connectivity index (χ2v) is 3.41. The van der Waals surface area contributed by atoms with Crippen molar-refractivity contribution >= 4 is 0 Å². The van der Waals surface area contributed by atoms with Crippen LogP contribution in [0.4, 0.5) is 8.78 Å². The lowest BCUT2D eigenvalue weighted by molar-refractivity contribution is 0.137. The highest BCUT2D eigenvalue weighted by Crippen LogP contribution is 2.20. The molecule has 0 spiro atoms. The third kappa shape index (κ3) is 5.81. The van der Waals surface area contributed by atoms with Gasteiger partial charge in [0.15, 0.2) is 11.7 Å². The van der Waals surface area contributed by atoms with Gasteiger partial charge in [-0.25, -0.2) is 8.78 Å². The topological polar surface area (TPSA) is 9.23 Å². The Hall–Kier alpha value is -0.960. The van der Waals surface area contributed by atoms with Crippen molar-refractivity contribution in [3.63, 3.8) is 0 Å². The molecule has 0 bridgehead atoms. The van der Waals surface area contributed by atoms with E-state index >= 15 is 0 Å². The molecule has 0 aliphatic heterocycles. The summed E-state index contributed by atoms with van der Waals surface area (Å²) in [6.07, 6.45) is 5.19. The molecule has 0 rings (SSSR count). The smallest absolute Gasteiger partial charge is 0.161 e. The van der Waals surface area contributed by atoms with Crippen LogP contribution in [0.3, 0.4) is 0 Å². The van der Waals surface area contributed by atoms with Gasteiger partial charge < -0.3 is 4.74 Å². The first-order valence-electron chi connectivity index (χ1n) is 5.61. The SMILES string of the molecule is C=C/C=C(CC)\C(F)=C(\F)COCCCC. The molecule has 0 atom stereocenters. The maximum absolute atomic E-state index is 13.5. The number of allylic oxidation sites excluding steroid dienone is 4. The van der Waals surface area contributed by atoms with E-state index in [4.69, 9.17) is 4.74 Å². The van der Waals surface area contributed by atoms with Crippen LogP contribution in [0.1, 0.15) is 33.1 Å². The Balaban J connectivity index is 4.32. The lowest BCUT2D eigenvalue weighted by Gasteiger charge is -2.04. The molecular formula is C13H20F2O. The Labute approximate surface area is 96.5 Å². The van der Waals surface area contributed by atoms with Gasteiger partial charge in [-0.2, -0.15) is 0 Å². The largest absolute Gasteiger partial charge is 0.374 e. The van der Waals surface area contributed by atoms with Crippen molar-refractivity contribution in [2.45, 2.75) is 33.1 Å². The standard InChI is InChI=1S/C13H20F2O/c1-4-7-9-16-10-12(14)13(15)11(6-3)8-5-2/h5,8H,2,4,6-7,9-10H2,1,3H3/b11-8-,13-12-. The zero-order valence-electron chi connectivity index (χ0n) is 10.1. The minimum Gasteiger partial charge on any atom is -0.374 e. The van der Waals surface area contributed by atoms with E-state index in [1.807, 2.05) is 6.92 Å². The Kier molecular flexibility index (Phi) is 8.72. The summed E-state index contributed by atoms with van der Waals surface area (Å²) < 4.78 is 31.8. The minimum absolute atomic E-state index is 0.291. The molecule has 0 saturated heterocycles. The molecule has 0 aromatic rings. The number of hydrogen-bond donors (Lipinski definition) is 0. The normalized spacial score (nSPS) is 13.6. The third-order valence-electron chi connectivity index (χ3n) is 2.09. The summed E-state index contributed by atoms with van der Waals surface area (Å²) in [5.41, 5.74) is 0.312. The fourth-order valence-electron chi connectivity index (χ4n) is 1.13. The molecule has 92 valence electrons. The molecule has 0 aromatic heterocycles. The number of ether oxygens (including phenoxy) is 1. The van der Waals surface area contributed by atoms with E-state index in [1.54, 1.807) is 6.92 Å². The van der Waals surface area contributed by atoms with Gasteiger partial charge in [0.25, 0.3) is 0 Å². The van der Waals surface area contributed by atoms with Gasteiger partial charge in [0.2, 0.25) is 0 Å². The summed E-state index contributed by atoms with van der Waals surface area (Å²) in [5.74, 6) is -1.66. The van der Waals surface area contributed by atoms with Crippen molar-refractivity contribution < 1.29 is 13.5 Å². The minimum atomic E-state index is -0.842. The zero-order valence-corrected chi connectivity index (χ0v) is 10.1. The van der Waals surface area contributed by atoms with Crippen LogP contribution < -0.4 is 0 Å². The second-order valence-electron chi connectivity index (χ2n) is 3.41. The van der Waals surface area contributed by atoms with Crippen LogP contribution in [0.25, 0.3) is 0 Å². The van der Waals surface area contributed by atoms with Crippen molar-refractivity contribution in [3.05, 3.63) is 36.0 Å². The average molecular weight is 230 g/mol. The molecule has 0 amide bonds. The van der Waals surface area contributed by atoms with Crippen molar-refractivity contribution in [1.29, 1.82) is 0 Å². The van der Waals surface area contributed by atoms with Gasteiger partial charge in [0, 0.05) is 6.61 Å². The predicted octanol–water partition coefficient (Wildman–Crippen LogP) is 4.48. The summed E-state index contributed by atoms with van der Waals surface area (Å²) >= 11 is 0. The fraction of sp³-hybridized carbons (Fsp3) is 0.538. The predicted molar refractivity (Wildman–Crippen MR) is 63.5 cm³/mol. The van der Waals surface area contributed by atoms with Crippen LogP contribution in [0, 0.1) is 0 Å². The van der Waals surface area contributed by atoms with Gasteiger partial charge in [-0.05, 0) is 18.4 Å². The molecule has 0 N–H and O–H groups in total. The van der Waals surface area contributed by atoms with E-state index in [0.717, 1.165) is 12.8 Å². The highest BCUT2D eigenvalue weighted by atomic mass is 19.2. The van der Waals surface area contributed by atoms with Crippen LogP contribution in [0.2, 0.25) is 0 Å². The Morgan fingerprint density at radius 1 is 1.31 bits per heavy atom. The number of unbranched alkanes of at least 4 members (excludes halogenated alkanes) is 1. The first-order valence-corrected chi connectivity index (χ1v) is 5.61. The van der Waals surface area contributed by atoms with Gasteiger partial charge in [0.05, 0.1) is 0 Å². The second kappa shape index (κ2) is 9.28. The molecule has 1 nitrogen and oxygen atoms in total. The van der Waals surface area contributed by atoms with Gasteiger partial charge in [0.1, 0.15) is 6.61 Å². The monoisotopic (exact) mass is 230 g/mol. The van der Waals surface area contributed by atoms with Crippen LogP contribution in [-0.2, 0) is 4.74 Å². The zero-order chi connectivity index (χ0) is 12.4. The van der Waals surface area contributed by atoms with Crippen molar-refractivity contribution in [2.75, 3.05) is 13.2 Å². The Morgan fingerprint density at radius 3 is 2.50 bits per heavy atom. The molecule has 0 aliphatic carbocycles. The van der Waals surface area contributed by atoms with Crippen molar-refractivity contribution in [1.82, 2.24) is 0 Å². The highest BCUT2D eigenvalue weighted by Gasteiger charge is 2.09. The molecule has 0 fully saturated rings. The molecule has 0 heterocycles. The molecule has 0 unspecified atom stereocenters. The summed E-state index contributed by atoms with van der Waals surface area (Å²) in [7, 11) is 0. The van der Waals surface area contributed by atoms with Gasteiger partial charge >= 0.3 is 0 Å². The van der Waals surface area contributed by atoms with Crippen molar-refractivity contribution in [2.24, 2.45) is 0 Å². The molecule has 16 heavy (non-hydrogen) atoms. The van der Waals surface area contributed by atoms with E-state index in [2.05, 4.69) is 6.58 Å². The lowest BCUT2D eigenvalue weighted by Crippen LogP contribution is -1.99. The Morgan fingerprint density at radius 2 is 2.00 bits per heavy atom. The average Bonchev–Trinajstić information content (AvgIpc) is 2.30. The summed E-state index contributed by atoms with van der Waals surface area (Å²) in [6.45, 7) is 7.40. The summed E-state index contributed by atoms with van der Waals surface area (Å²) in [5, 5.41) is 0. The molecule has 3 heteroatoms. The van der Waals surface area contributed by atoms with Crippen LogP contribution in [-0.4, -0.2) is 13.2 Å². The molecule has 0 aliphatic rings. The first-order chi connectivity index (χ1) is 7.67. The quantitative estimate of drug-likeness (QED) is 0.441. The molecule has 0 radical (unpaired) electrons.